The molecule has 1 aromatic carbocycles. The molecule has 0 fully saturated rings. The molecule has 5 aromatic rings. The number of carbonyl (C=O) groups excluding carboxylic acids is 1. The van der Waals surface area contributed by atoms with Crippen molar-refractivity contribution in [1.82, 2.24) is 34.6 Å². The Balaban J connectivity index is 1.24. The number of anilines is 1. The number of nitrogen functional groups attached to an aromatic ring is 1. The molecule has 38 heavy (non-hydrogen) atoms. The summed E-state index contributed by atoms with van der Waals surface area (Å²) in [7, 11) is 0. The van der Waals surface area contributed by atoms with Gasteiger partial charge >= 0.3 is 0 Å². The van der Waals surface area contributed by atoms with Gasteiger partial charge in [-0.25, -0.2) is 19.6 Å². The fourth-order valence-electron chi connectivity index (χ4n) is 5.07. The number of aromatic nitrogens is 6. The van der Waals surface area contributed by atoms with Crippen LogP contribution in [0.4, 0.5) is 5.82 Å². The zero-order valence-electron chi connectivity index (χ0n) is 21.4. The lowest BCUT2D eigenvalue weighted by atomic mass is 9.97. The molecule has 10 nitrogen and oxygen atoms in total. The van der Waals surface area contributed by atoms with Gasteiger partial charge in [-0.05, 0) is 41.7 Å². The Kier molecular flexibility index (Phi) is 6.47. The largest absolute Gasteiger partial charge is 0.383 e. The second-order valence-corrected chi connectivity index (χ2v) is 9.63. The number of amides is 1. The first-order valence-electron chi connectivity index (χ1n) is 13.0. The molecule has 0 unspecified atom stereocenters. The van der Waals surface area contributed by atoms with Crippen molar-refractivity contribution in [1.29, 1.82) is 0 Å². The number of carbonyl (C=O) groups is 1. The van der Waals surface area contributed by atoms with Gasteiger partial charge in [0.15, 0.2) is 5.65 Å². The van der Waals surface area contributed by atoms with E-state index in [-0.39, 0.29) is 5.91 Å². The van der Waals surface area contributed by atoms with E-state index in [4.69, 9.17) is 15.6 Å². The molecule has 1 aliphatic rings. The number of nitrogens with two attached hydrogens (primary N) is 1. The van der Waals surface area contributed by atoms with Gasteiger partial charge in [-0.2, -0.15) is 5.10 Å². The third-order valence-corrected chi connectivity index (χ3v) is 7.01. The minimum atomic E-state index is 0.149. The van der Waals surface area contributed by atoms with Gasteiger partial charge in [0.1, 0.15) is 23.5 Å². The lowest BCUT2D eigenvalue weighted by Crippen LogP contribution is -2.36. The maximum Gasteiger partial charge on any atom is 0.225 e. The van der Waals surface area contributed by atoms with E-state index in [9.17, 15) is 4.79 Å². The van der Waals surface area contributed by atoms with Crippen molar-refractivity contribution in [2.75, 3.05) is 25.5 Å². The highest BCUT2D eigenvalue weighted by Crippen LogP contribution is 2.31. The van der Waals surface area contributed by atoms with Crippen LogP contribution in [0.3, 0.4) is 0 Å². The van der Waals surface area contributed by atoms with Crippen molar-refractivity contribution in [2.24, 2.45) is 0 Å². The summed E-state index contributed by atoms with van der Waals surface area (Å²) in [4.78, 5) is 30.9. The van der Waals surface area contributed by atoms with Crippen LogP contribution in [0.15, 0.2) is 49.1 Å². The van der Waals surface area contributed by atoms with E-state index in [1.54, 1.807) is 6.20 Å². The summed E-state index contributed by atoms with van der Waals surface area (Å²) < 4.78 is 7.37. The maximum absolute atomic E-state index is 12.6. The van der Waals surface area contributed by atoms with Gasteiger partial charge in [-0.1, -0.05) is 25.1 Å². The van der Waals surface area contributed by atoms with Crippen LogP contribution in [0.1, 0.15) is 36.5 Å². The predicted molar refractivity (Wildman–Crippen MR) is 145 cm³/mol. The summed E-state index contributed by atoms with van der Waals surface area (Å²) in [5.41, 5.74) is 12.9. The molecule has 0 aliphatic carbocycles. The number of benzene rings is 1. The Bertz CT molecular complexity index is 1620. The summed E-state index contributed by atoms with van der Waals surface area (Å²) in [5, 5.41) is 6.63. The topological polar surface area (TPSA) is 128 Å². The number of ether oxygens (including phenoxy) is 1. The Labute approximate surface area is 219 Å². The van der Waals surface area contributed by atoms with Gasteiger partial charge < -0.3 is 20.4 Å². The highest BCUT2D eigenvalue weighted by atomic mass is 16.5. The second kappa shape index (κ2) is 10.2. The monoisotopic (exact) mass is 510 g/mol. The quantitative estimate of drug-likeness (QED) is 0.305. The Hall–Kier alpha value is -4.31. The Morgan fingerprint density at radius 3 is 2.95 bits per heavy atom. The number of nitrogens with zero attached hydrogens (tertiary/aromatic N) is 6. The van der Waals surface area contributed by atoms with E-state index >= 15 is 0 Å². The van der Waals surface area contributed by atoms with E-state index in [0.717, 1.165) is 46.9 Å². The summed E-state index contributed by atoms with van der Waals surface area (Å²) in [6.45, 7) is 5.14. The molecule has 4 aromatic heterocycles. The van der Waals surface area contributed by atoms with Crippen molar-refractivity contribution < 1.29 is 9.53 Å². The Morgan fingerprint density at radius 1 is 1.13 bits per heavy atom. The summed E-state index contributed by atoms with van der Waals surface area (Å²) in [6, 6.07) is 10.5. The lowest BCUT2D eigenvalue weighted by Gasteiger charge is -2.29. The number of aromatic amines is 1. The van der Waals surface area contributed by atoms with Crippen LogP contribution >= 0.6 is 0 Å². The van der Waals surface area contributed by atoms with Crippen LogP contribution in [0.5, 0.6) is 0 Å². The first kappa shape index (κ1) is 24.1. The van der Waals surface area contributed by atoms with Crippen molar-refractivity contribution >= 4 is 33.8 Å². The smallest absolute Gasteiger partial charge is 0.225 e. The lowest BCUT2D eigenvalue weighted by molar-refractivity contribution is -0.133. The number of nitrogens with one attached hydrogen (secondary N) is 1. The summed E-state index contributed by atoms with van der Waals surface area (Å²) in [5.74, 6) is 0.539. The minimum absolute atomic E-state index is 0.149. The molecule has 1 aliphatic heterocycles. The molecule has 3 N–H and O–H groups in total. The van der Waals surface area contributed by atoms with E-state index in [1.165, 1.54) is 17.5 Å². The molecule has 6 rings (SSSR count). The summed E-state index contributed by atoms with van der Waals surface area (Å²) >= 11 is 0. The molecule has 5 heterocycles. The van der Waals surface area contributed by atoms with Crippen LogP contribution < -0.4 is 5.73 Å². The number of rotatable bonds is 8. The van der Waals surface area contributed by atoms with Gasteiger partial charge in [0.25, 0.3) is 0 Å². The third-order valence-electron chi connectivity index (χ3n) is 7.01. The first-order valence-corrected chi connectivity index (χ1v) is 13.0. The van der Waals surface area contributed by atoms with Crippen molar-refractivity contribution in [3.63, 3.8) is 0 Å². The standard InChI is InChI=1S/C28H30N8O2/c1-2-10-38-11-7-23(37)35-9-6-19-12-18(3-4-21(19)16-35)15-36-28-24(26(29)32-17-33-28)25(34-36)22-13-20-5-8-30-27(20)31-14-22/h3-5,8,12-14,17H,2,6-7,9-11,15-16H2,1H3,(H,30,31)(H2,29,32,33). The number of fused-ring (bicyclic) bond motifs is 3. The molecule has 194 valence electrons. The fourth-order valence-corrected chi connectivity index (χ4v) is 5.07. The molecule has 1 amide bonds. The van der Waals surface area contributed by atoms with E-state index in [0.29, 0.717) is 49.9 Å². The SMILES string of the molecule is CCCOCCC(=O)N1CCc2cc(Cn3nc(-c4cnc5[nH]ccc5c4)c4c(N)ncnc43)ccc2C1. The molecule has 10 heteroatoms. The molecule has 0 radical (unpaired) electrons. The molecule has 0 saturated carbocycles. The normalized spacial score (nSPS) is 13.3. The number of pyridine rings is 1. The summed E-state index contributed by atoms with van der Waals surface area (Å²) in [6.07, 6.45) is 7.35. The van der Waals surface area contributed by atoms with Crippen LogP contribution in [-0.2, 0) is 29.0 Å². The van der Waals surface area contributed by atoms with Crippen LogP contribution in [-0.4, -0.2) is 60.3 Å². The van der Waals surface area contributed by atoms with Crippen molar-refractivity contribution in [2.45, 2.75) is 39.3 Å². The minimum Gasteiger partial charge on any atom is -0.383 e. The van der Waals surface area contributed by atoms with Gasteiger partial charge in [-0.15, -0.1) is 0 Å². The van der Waals surface area contributed by atoms with Crippen LogP contribution in [0, 0.1) is 0 Å². The highest BCUT2D eigenvalue weighted by Gasteiger charge is 2.22. The number of hydrogen-bond donors (Lipinski definition) is 2. The fraction of sp³-hybridized carbons (Fsp3) is 0.321. The predicted octanol–water partition coefficient (Wildman–Crippen LogP) is 3.70. The molecule has 0 bridgehead atoms. The highest BCUT2D eigenvalue weighted by molar-refractivity contribution is 5.99. The number of H-pyrrole nitrogens is 1. The van der Waals surface area contributed by atoms with Gasteiger partial charge in [0.05, 0.1) is 25.0 Å². The van der Waals surface area contributed by atoms with Crippen LogP contribution in [0.25, 0.3) is 33.3 Å². The zero-order chi connectivity index (χ0) is 26.1. The molecule has 0 spiro atoms. The third kappa shape index (κ3) is 4.58. The van der Waals surface area contributed by atoms with E-state index in [2.05, 4.69) is 45.1 Å². The van der Waals surface area contributed by atoms with Crippen molar-refractivity contribution in [3.8, 4) is 11.3 Å². The average Bonchev–Trinajstić information content (AvgIpc) is 3.56. The number of hydrogen-bond acceptors (Lipinski definition) is 7. The van der Waals surface area contributed by atoms with Crippen molar-refractivity contribution in [3.05, 3.63) is 65.7 Å². The molecule has 0 saturated heterocycles. The van der Waals surface area contributed by atoms with E-state index < -0.39 is 0 Å². The second-order valence-electron chi connectivity index (χ2n) is 9.63. The molecule has 0 atom stereocenters. The van der Waals surface area contributed by atoms with Gasteiger partial charge in [0, 0.05) is 43.0 Å². The molecular formula is C28H30N8O2. The van der Waals surface area contributed by atoms with Gasteiger partial charge in [-0.3, -0.25) is 4.79 Å². The average molecular weight is 511 g/mol. The molecular weight excluding hydrogens is 480 g/mol. The maximum atomic E-state index is 12.6. The van der Waals surface area contributed by atoms with Gasteiger partial charge in [0.2, 0.25) is 5.91 Å². The van der Waals surface area contributed by atoms with E-state index in [1.807, 2.05) is 27.9 Å². The first-order chi connectivity index (χ1) is 18.6. The van der Waals surface area contributed by atoms with Crippen LogP contribution in [0.2, 0.25) is 0 Å². The Morgan fingerprint density at radius 2 is 2.05 bits per heavy atom. The zero-order valence-corrected chi connectivity index (χ0v) is 21.4.